The minimum Gasteiger partial charge on any atom is -0.378 e. The smallest absolute Gasteiger partial charge is 0.141 e. The van der Waals surface area contributed by atoms with Gasteiger partial charge >= 0.3 is 0 Å². The van der Waals surface area contributed by atoms with Crippen molar-refractivity contribution in [2.24, 2.45) is 0 Å². The summed E-state index contributed by atoms with van der Waals surface area (Å²) < 4.78 is 13.3. The van der Waals surface area contributed by atoms with E-state index in [1.54, 1.807) is 18.2 Å². The Morgan fingerprint density at radius 2 is 2.00 bits per heavy atom. The molecule has 1 N–H and O–H groups in total. The maximum atomic E-state index is 13.3. The number of hydrogen-bond acceptors (Lipinski definition) is 2. The molecule has 5 heteroatoms. The fourth-order valence-electron chi connectivity index (χ4n) is 2.09. The minimum atomic E-state index is -0.527. The van der Waals surface area contributed by atoms with Gasteiger partial charge < -0.3 is 5.32 Å². The third-order valence-electron chi connectivity index (χ3n) is 3.17. The van der Waals surface area contributed by atoms with Gasteiger partial charge in [0.2, 0.25) is 0 Å². The zero-order chi connectivity index (χ0) is 15.4. The molecular weight excluding hydrogens is 310 g/mol. The topological polar surface area (TPSA) is 35.8 Å². The van der Waals surface area contributed by atoms with Crippen LogP contribution in [0.5, 0.6) is 0 Å². The van der Waals surface area contributed by atoms with Crippen molar-refractivity contribution in [2.75, 3.05) is 5.32 Å². The van der Waals surface area contributed by atoms with Gasteiger partial charge in [0.1, 0.15) is 11.9 Å². The lowest BCUT2D eigenvalue weighted by Gasteiger charge is -2.20. The van der Waals surface area contributed by atoms with Gasteiger partial charge in [-0.3, -0.25) is 0 Å². The first-order valence-corrected chi connectivity index (χ1v) is 7.22. The summed E-state index contributed by atoms with van der Waals surface area (Å²) in [6.07, 6.45) is 0.778. The predicted octanol–water partition coefficient (Wildman–Crippen LogP) is 5.57. The van der Waals surface area contributed by atoms with Crippen LogP contribution in [0, 0.1) is 17.1 Å². The Morgan fingerprint density at radius 1 is 1.24 bits per heavy atom. The molecule has 0 aliphatic heterocycles. The van der Waals surface area contributed by atoms with E-state index >= 15 is 0 Å². The monoisotopic (exact) mass is 322 g/mol. The summed E-state index contributed by atoms with van der Waals surface area (Å²) in [5.41, 5.74) is 1.59. The van der Waals surface area contributed by atoms with Crippen molar-refractivity contribution in [3.05, 3.63) is 63.4 Å². The highest BCUT2D eigenvalue weighted by molar-refractivity contribution is 6.35. The molecule has 0 saturated heterocycles. The first-order valence-electron chi connectivity index (χ1n) is 6.46. The van der Waals surface area contributed by atoms with Gasteiger partial charge in [-0.1, -0.05) is 36.2 Å². The van der Waals surface area contributed by atoms with Crippen LogP contribution in [-0.2, 0) is 0 Å². The number of anilines is 1. The Morgan fingerprint density at radius 3 is 2.62 bits per heavy atom. The van der Waals surface area contributed by atoms with Crippen LogP contribution in [0.3, 0.4) is 0 Å². The second-order valence-corrected chi connectivity index (χ2v) is 5.42. The Labute approximate surface area is 133 Å². The zero-order valence-corrected chi connectivity index (χ0v) is 12.8. The third-order valence-corrected chi connectivity index (χ3v) is 3.74. The van der Waals surface area contributed by atoms with Crippen molar-refractivity contribution in [2.45, 2.75) is 19.4 Å². The molecule has 0 aromatic heterocycles. The molecule has 2 rings (SSSR count). The van der Waals surface area contributed by atoms with Crippen LogP contribution in [0.1, 0.15) is 30.5 Å². The normalized spacial score (nSPS) is 11.8. The minimum absolute atomic E-state index is 0.0112. The lowest BCUT2D eigenvalue weighted by atomic mass is 10.0. The van der Waals surface area contributed by atoms with E-state index in [0.29, 0.717) is 15.7 Å². The molecule has 1 atom stereocenters. The van der Waals surface area contributed by atoms with Crippen LogP contribution in [-0.4, -0.2) is 0 Å². The SMILES string of the molecule is CCC(Nc1ccc(F)c(C#N)c1)c1ccc(Cl)cc1Cl. The molecule has 0 aliphatic carbocycles. The first kappa shape index (κ1) is 15.6. The number of rotatable bonds is 4. The largest absolute Gasteiger partial charge is 0.378 e. The highest BCUT2D eigenvalue weighted by Gasteiger charge is 2.14. The fourth-order valence-corrected chi connectivity index (χ4v) is 2.63. The average Bonchev–Trinajstić information content (AvgIpc) is 2.47. The van der Waals surface area contributed by atoms with Gasteiger partial charge in [-0.2, -0.15) is 5.26 Å². The molecule has 0 saturated carbocycles. The summed E-state index contributed by atoms with van der Waals surface area (Å²) in [7, 11) is 0. The average molecular weight is 323 g/mol. The summed E-state index contributed by atoms with van der Waals surface area (Å²) in [5.74, 6) is -0.527. The molecule has 0 fully saturated rings. The highest BCUT2D eigenvalue weighted by Crippen LogP contribution is 2.31. The van der Waals surface area contributed by atoms with Gasteiger partial charge in [0.25, 0.3) is 0 Å². The van der Waals surface area contributed by atoms with Crippen LogP contribution in [0.2, 0.25) is 10.0 Å². The molecule has 0 heterocycles. The van der Waals surface area contributed by atoms with Crippen molar-refractivity contribution in [3.8, 4) is 6.07 Å². The van der Waals surface area contributed by atoms with E-state index in [4.69, 9.17) is 28.5 Å². The van der Waals surface area contributed by atoms with Crippen LogP contribution in [0.4, 0.5) is 10.1 Å². The van der Waals surface area contributed by atoms with Crippen LogP contribution < -0.4 is 5.32 Å². The molecule has 2 aromatic rings. The lowest BCUT2D eigenvalue weighted by Crippen LogP contribution is -2.10. The number of nitrogens with one attached hydrogen (secondary N) is 1. The maximum absolute atomic E-state index is 13.3. The van der Waals surface area contributed by atoms with E-state index in [9.17, 15) is 4.39 Å². The molecule has 0 spiro atoms. The standard InChI is InChI=1S/C16H13Cl2FN2/c1-2-16(13-5-3-11(17)8-14(13)18)21-12-4-6-15(19)10(7-12)9-20/h3-8,16,21H,2H2,1H3. The van der Waals surface area contributed by atoms with E-state index in [0.717, 1.165) is 12.0 Å². The summed E-state index contributed by atoms with van der Waals surface area (Å²) in [5, 5.41) is 13.3. The van der Waals surface area contributed by atoms with Crippen molar-refractivity contribution in [1.29, 1.82) is 5.26 Å². The van der Waals surface area contributed by atoms with E-state index in [2.05, 4.69) is 5.32 Å². The molecule has 2 nitrogen and oxygen atoms in total. The second-order valence-electron chi connectivity index (χ2n) is 4.58. The van der Waals surface area contributed by atoms with Gasteiger partial charge in [0.05, 0.1) is 11.6 Å². The van der Waals surface area contributed by atoms with Gasteiger partial charge in [-0.05, 0) is 42.3 Å². The molecule has 2 aromatic carbocycles. The Kier molecular flexibility index (Phi) is 5.06. The summed E-state index contributed by atoms with van der Waals surface area (Å²) in [6, 6.07) is 11.5. The molecule has 0 aliphatic rings. The Balaban J connectivity index is 2.29. The summed E-state index contributed by atoms with van der Waals surface area (Å²) in [6.45, 7) is 2.01. The molecule has 0 amide bonds. The molecule has 1 unspecified atom stereocenters. The quantitative estimate of drug-likeness (QED) is 0.798. The van der Waals surface area contributed by atoms with Crippen molar-refractivity contribution >= 4 is 28.9 Å². The lowest BCUT2D eigenvalue weighted by molar-refractivity contribution is 0.624. The first-order chi connectivity index (χ1) is 10.0. The maximum Gasteiger partial charge on any atom is 0.141 e. The summed E-state index contributed by atoms with van der Waals surface area (Å²) in [4.78, 5) is 0. The second kappa shape index (κ2) is 6.80. The van der Waals surface area contributed by atoms with Gasteiger partial charge in [-0.15, -0.1) is 0 Å². The highest BCUT2D eigenvalue weighted by atomic mass is 35.5. The number of nitrogens with zero attached hydrogens (tertiary/aromatic N) is 1. The predicted molar refractivity (Wildman–Crippen MR) is 84.2 cm³/mol. The van der Waals surface area contributed by atoms with E-state index < -0.39 is 5.82 Å². The number of benzene rings is 2. The Hall–Kier alpha value is -1.76. The summed E-state index contributed by atoms with van der Waals surface area (Å²) >= 11 is 12.1. The fraction of sp³-hybridized carbons (Fsp3) is 0.188. The van der Waals surface area contributed by atoms with Gasteiger partial charge in [-0.25, -0.2) is 4.39 Å². The van der Waals surface area contributed by atoms with Crippen LogP contribution in [0.25, 0.3) is 0 Å². The van der Waals surface area contributed by atoms with Gasteiger partial charge in [0.15, 0.2) is 0 Å². The number of nitriles is 1. The van der Waals surface area contributed by atoms with Crippen LogP contribution >= 0.6 is 23.2 Å². The van der Waals surface area contributed by atoms with Crippen molar-refractivity contribution < 1.29 is 4.39 Å². The molecule has 108 valence electrons. The molecule has 0 radical (unpaired) electrons. The number of hydrogen-bond donors (Lipinski definition) is 1. The third kappa shape index (κ3) is 3.66. The molecular formula is C16H13Cl2FN2. The van der Waals surface area contributed by atoms with Crippen molar-refractivity contribution in [1.82, 2.24) is 0 Å². The Bertz CT molecular complexity index is 695. The zero-order valence-electron chi connectivity index (χ0n) is 11.3. The molecule has 0 bridgehead atoms. The van der Waals surface area contributed by atoms with Gasteiger partial charge in [0, 0.05) is 15.7 Å². The molecule has 21 heavy (non-hydrogen) atoms. The number of halogens is 3. The van der Waals surface area contributed by atoms with E-state index in [1.807, 2.05) is 19.1 Å². The van der Waals surface area contributed by atoms with E-state index in [1.165, 1.54) is 12.1 Å². The van der Waals surface area contributed by atoms with E-state index in [-0.39, 0.29) is 11.6 Å². The van der Waals surface area contributed by atoms with Crippen LogP contribution in [0.15, 0.2) is 36.4 Å². The van der Waals surface area contributed by atoms with Crippen molar-refractivity contribution in [3.63, 3.8) is 0 Å².